The number of hydrogen-bond acceptors (Lipinski definition) is 4. The maximum atomic E-state index is 12.5. The minimum Gasteiger partial charge on any atom is -0.372 e. The van der Waals surface area contributed by atoms with E-state index in [4.69, 9.17) is 4.74 Å². The molecule has 2 aliphatic heterocycles. The molecule has 1 unspecified atom stereocenters. The molecular formula is C20H24N4O2. The normalized spacial score (nSPS) is 21.0. The van der Waals surface area contributed by atoms with E-state index in [1.165, 1.54) is 5.69 Å². The van der Waals surface area contributed by atoms with E-state index < -0.39 is 0 Å². The van der Waals surface area contributed by atoms with Crippen LogP contribution >= 0.6 is 0 Å². The smallest absolute Gasteiger partial charge is 0.248 e. The van der Waals surface area contributed by atoms with Crippen LogP contribution in [0.25, 0.3) is 5.82 Å². The maximum Gasteiger partial charge on any atom is 0.248 e. The third-order valence-corrected chi connectivity index (χ3v) is 5.37. The van der Waals surface area contributed by atoms with E-state index in [1.807, 2.05) is 30.2 Å². The number of carbonyl (C=O) groups excluding carboxylic acids is 1. The van der Waals surface area contributed by atoms with Crippen molar-refractivity contribution in [3.8, 4) is 5.82 Å². The first kappa shape index (κ1) is 16.8. The highest BCUT2D eigenvalue weighted by molar-refractivity contribution is 5.78. The molecule has 0 aromatic carbocycles. The van der Waals surface area contributed by atoms with Gasteiger partial charge in [-0.2, -0.15) is 0 Å². The number of nitrogens with zero attached hydrogens (tertiary/aromatic N) is 4. The van der Waals surface area contributed by atoms with Crippen LogP contribution in [0.2, 0.25) is 0 Å². The fourth-order valence-corrected chi connectivity index (χ4v) is 4.22. The van der Waals surface area contributed by atoms with Crippen molar-refractivity contribution in [2.75, 3.05) is 37.7 Å². The Kier molecular flexibility index (Phi) is 4.28. The van der Waals surface area contributed by atoms with Gasteiger partial charge < -0.3 is 19.1 Å². The van der Waals surface area contributed by atoms with Crippen molar-refractivity contribution in [3.63, 3.8) is 0 Å². The van der Waals surface area contributed by atoms with Crippen LogP contribution in [-0.2, 0) is 15.1 Å². The van der Waals surface area contributed by atoms with Gasteiger partial charge in [-0.3, -0.25) is 4.79 Å². The fraction of sp³-hybridized carbons (Fsp3) is 0.400. The zero-order valence-corrected chi connectivity index (χ0v) is 15.1. The summed E-state index contributed by atoms with van der Waals surface area (Å²) in [6.07, 6.45) is 6.66. The van der Waals surface area contributed by atoms with E-state index in [0.717, 1.165) is 24.5 Å². The molecule has 26 heavy (non-hydrogen) atoms. The number of pyridine rings is 1. The van der Waals surface area contributed by atoms with Crippen LogP contribution in [0.4, 0.5) is 5.69 Å². The molecule has 2 aromatic heterocycles. The molecule has 136 valence electrons. The van der Waals surface area contributed by atoms with Crippen molar-refractivity contribution in [3.05, 3.63) is 55.0 Å². The summed E-state index contributed by atoms with van der Waals surface area (Å²) in [4.78, 5) is 21.4. The topological polar surface area (TPSA) is 50.6 Å². The highest BCUT2D eigenvalue weighted by Gasteiger charge is 2.50. The van der Waals surface area contributed by atoms with E-state index in [2.05, 4.69) is 45.4 Å². The third-order valence-electron chi connectivity index (χ3n) is 5.37. The number of fused-ring (bicyclic) bond motifs is 4. The number of ether oxygens (including phenoxy) is 1. The Morgan fingerprint density at radius 3 is 3.12 bits per heavy atom. The molecule has 1 spiro atoms. The van der Waals surface area contributed by atoms with Gasteiger partial charge in [0.1, 0.15) is 12.1 Å². The second kappa shape index (κ2) is 6.61. The Balaban J connectivity index is 1.76. The van der Waals surface area contributed by atoms with Gasteiger partial charge in [-0.1, -0.05) is 6.08 Å². The molecule has 0 bridgehead atoms. The number of amides is 1. The van der Waals surface area contributed by atoms with E-state index >= 15 is 0 Å². The van der Waals surface area contributed by atoms with Crippen LogP contribution in [0.3, 0.4) is 0 Å². The van der Waals surface area contributed by atoms with E-state index in [0.29, 0.717) is 19.7 Å². The van der Waals surface area contributed by atoms with Crippen molar-refractivity contribution < 1.29 is 9.53 Å². The Morgan fingerprint density at radius 2 is 2.31 bits per heavy atom. The first-order chi connectivity index (χ1) is 12.7. The molecule has 2 aromatic rings. The van der Waals surface area contributed by atoms with Crippen LogP contribution in [0.15, 0.2) is 49.3 Å². The lowest BCUT2D eigenvalue weighted by Gasteiger charge is -2.46. The van der Waals surface area contributed by atoms with Crippen molar-refractivity contribution in [1.29, 1.82) is 0 Å². The molecule has 1 fully saturated rings. The van der Waals surface area contributed by atoms with Crippen molar-refractivity contribution in [2.24, 2.45) is 0 Å². The number of likely N-dealkylation sites (tertiary alicyclic amines) is 1. The summed E-state index contributed by atoms with van der Waals surface area (Å²) < 4.78 is 7.49. The monoisotopic (exact) mass is 352 g/mol. The van der Waals surface area contributed by atoms with Crippen LogP contribution in [0, 0.1) is 0 Å². The Hall–Kier alpha value is -2.60. The Labute approximate surface area is 153 Å². The lowest BCUT2D eigenvalue weighted by molar-refractivity contribution is -0.135. The minimum atomic E-state index is -0.268. The first-order valence-electron chi connectivity index (χ1n) is 9.08. The van der Waals surface area contributed by atoms with Gasteiger partial charge in [0, 0.05) is 38.6 Å². The average molecular weight is 352 g/mol. The van der Waals surface area contributed by atoms with Gasteiger partial charge in [-0.25, -0.2) is 4.98 Å². The van der Waals surface area contributed by atoms with E-state index in [9.17, 15) is 4.79 Å². The van der Waals surface area contributed by atoms with Gasteiger partial charge in [0.05, 0.1) is 11.4 Å². The highest BCUT2D eigenvalue weighted by atomic mass is 16.5. The molecule has 0 saturated carbocycles. The maximum absolute atomic E-state index is 12.5. The van der Waals surface area contributed by atoms with Crippen molar-refractivity contribution >= 4 is 11.6 Å². The number of anilines is 1. The van der Waals surface area contributed by atoms with Gasteiger partial charge in [0.2, 0.25) is 5.91 Å². The fourth-order valence-electron chi connectivity index (χ4n) is 4.22. The first-order valence-corrected chi connectivity index (χ1v) is 9.08. The van der Waals surface area contributed by atoms with Crippen molar-refractivity contribution in [2.45, 2.75) is 18.9 Å². The molecule has 4 rings (SSSR count). The van der Waals surface area contributed by atoms with E-state index in [1.54, 1.807) is 0 Å². The van der Waals surface area contributed by atoms with Crippen LogP contribution in [0.1, 0.15) is 19.0 Å². The lowest BCUT2D eigenvalue weighted by atomic mass is 9.89. The Bertz CT molecular complexity index is 831. The minimum absolute atomic E-state index is 0.0531. The molecule has 1 atom stereocenters. The van der Waals surface area contributed by atoms with Gasteiger partial charge in [0.15, 0.2) is 5.82 Å². The zero-order chi connectivity index (χ0) is 18.1. The molecule has 2 aliphatic rings. The largest absolute Gasteiger partial charge is 0.372 e. The Morgan fingerprint density at radius 1 is 1.42 bits per heavy atom. The second-order valence-corrected chi connectivity index (χ2v) is 6.74. The van der Waals surface area contributed by atoms with Gasteiger partial charge >= 0.3 is 0 Å². The summed E-state index contributed by atoms with van der Waals surface area (Å²) in [7, 11) is 0. The van der Waals surface area contributed by atoms with Crippen molar-refractivity contribution in [1.82, 2.24) is 14.5 Å². The average Bonchev–Trinajstić information content (AvgIpc) is 3.32. The molecule has 6 nitrogen and oxygen atoms in total. The standard InChI is InChI=1S/C20H24N4O2/c1-3-11-24-16-7-5-10-21-19(16)23-12-6-8-17(23)20(24)9-13-22(15-20)18(25)14-26-4-2/h3,5-8,10,12H,1,4,9,11,13-15H2,2H3. The van der Waals surface area contributed by atoms with Gasteiger partial charge in [0.25, 0.3) is 0 Å². The number of carbonyl (C=O) groups is 1. The molecule has 1 amide bonds. The summed E-state index contributed by atoms with van der Waals surface area (Å²) in [6, 6.07) is 8.26. The second-order valence-electron chi connectivity index (χ2n) is 6.74. The predicted octanol–water partition coefficient (Wildman–Crippen LogP) is 2.34. The van der Waals surface area contributed by atoms with Crippen LogP contribution < -0.4 is 4.90 Å². The highest BCUT2D eigenvalue weighted by Crippen LogP contribution is 2.46. The summed E-state index contributed by atoms with van der Waals surface area (Å²) in [5.74, 6) is 0.983. The molecule has 0 N–H and O–H groups in total. The molecule has 0 radical (unpaired) electrons. The molecule has 0 aliphatic carbocycles. The number of aromatic nitrogens is 2. The predicted molar refractivity (Wildman–Crippen MR) is 100 cm³/mol. The SMILES string of the molecule is C=CCN1c2cccnc2-n2cccc2C12CCN(C(=O)COCC)C2. The quantitative estimate of drug-likeness (QED) is 0.775. The number of rotatable bonds is 5. The third kappa shape index (κ3) is 2.44. The molecule has 1 saturated heterocycles. The van der Waals surface area contributed by atoms with Gasteiger partial charge in [-0.15, -0.1) is 6.58 Å². The zero-order valence-electron chi connectivity index (χ0n) is 15.1. The van der Waals surface area contributed by atoms with Crippen LogP contribution in [-0.4, -0.2) is 53.2 Å². The summed E-state index contributed by atoms with van der Waals surface area (Å²) in [5.41, 5.74) is 1.99. The summed E-state index contributed by atoms with van der Waals surface area (Å²) in [6.45, 7) is 8.63. The van der Waals surface area contributed by atoms with Gasteiger partial charge in [-0.05, 0) is 37.6 Å². The molecule has 6 heteroatoms. The summed E-state index contributed by atoms with van der Waals surface area (Å²) >= 11 is 0. The van der Waals surface area contributed by atoms with E-state index in [-0.39, 0.29) is 18.1 Å². The summed E-state index contributed by atoms with van der Waals surface area (Å²) in [5, 5.41) is 0. The number of hydrogen-bond donors (Lipinski definition) is 0. The lowest BCUT2D eigenvalue weighted by Crippen LogP contribution is -2.53. The molecule has 4 heterocycles. The molecular weight excluding hydrogens is 328 g/mol. The van der Waals surface area contributed by atoms with Crippen LogP contribution in [0.5, 0.6) is 0 Å².